The molecule has 82 valence electrons. The molecule has 0 aliphatic carbocycles. The summed E-state index contributed by atoms with van der Waals surface area (Å²) in [7, 11) is 1.53. The van der Waals surface area contributed by atoms with Gasteiger partial charge in [-0.1, -0.05) is 0 Å². The van der Waals surface area contributed by atoms with Crippen LogP contribution in [0.15, 0.2) is 12.4 Å². The molecular weight excluding hydrogens is 198 g/mol. The van der Waals surface area contributed by atoms with Gasteiger partial charge in [0.05, 0.1) is 18.4 Å². The first-order chi connectivity index (χ1) is 7.15. The van der Waals surface area contributed by atoms with E-state index in [2.05, 4.69) is 10.2 Å². The van der Waals surface area contributed by atoms with Gasteiger partial charge in [-0.15, -0.1) is 0 Å². The third-order valence-corrected chi connectivity index (χ3v) is 1.76. The Morgan fingerprint density at radius 1 is 1.60 bits per heavy atom. The normalized spacial score (nSPS) is 9.73. The molecule has 1 heterocycles. The summed E-state index contributed by atoms with van der Waals surface area (Å²) < 4.78 is 4.72. The number of ether oxygens (including phenoxy) is 1. The van der Waals surface area contributed by atoms with Gasteiger partial charge in [0, 0.05) is 13.2 Å². The third kappa shape index (κ3) is 3.08. The minimum Gasteiger partial charge on any atom is -0.465 e. The van der Waals surface area contributed by atoms with E-state index in [9.17, 15) is 9.59 Å². The summed E-state index contributed by atoms with van der Waals surface area (Å²) in [6, 6.07) is 0. The van der Waals surface area contributed by atoms with Crippen LogP contribution in [0, 0.1) is 0 Å². The molecule has 0 bridgehead atoms. The van der Waals surface area contributed by atoms with E-state index < -0.39 is 5.97 Å². The maximum absolute atomic E-state index is 11.6. The maximum atomic E-state index is 11.6. The minimum absolute atomic E-state index is 0.0577. The lowest BCUT2D eigenvalue weighted by atomic mass is 10.3. The Labute approximate surface area is 87.2 Å². The molecule has 0 aliphatic rings. The number of aromatic nitrogens is 2. The lowest BCUT2D eigenvalue weighted by Gasteiger charge is -2.14. The van der Waals surface area contributed by atoms with Crippen LogP contribution in [0.25, 0.3) is 0 Å². The number of nitrogens with one attached hydrogen (secondary N) is 1. The molecule has 0 saturated heterocycles. The zero-order valence-corrected chi connectivity index (χ0v) is 8.69. The molecule has 1 rings (SSSR count). The molecular formula is C9H13N3O3. The van der Waals surface area contributed by atoms with Crippen LogP contribution in [-0.2, 0) is 9.53 Å². The average molecular weight is 211 g/mol. The van der Waals surface area contributed by atoms with Gasteiger partial charge in [-0.05, 0) is 6.92 Å². The van der Waals surface area contributed by atoms with Crippen molar-refractivity contribution in [2.24, 2.45) is 0 Å². The number of carbonyl (C=O) groups excluding carboxylic acids is 2. The summed E-state index contributed by atoms with van der Waals surface area (Å²) in [5.74, 6) is -0.686. The summed E-state index contributed by atoms with van der Waals surface area (Å²) in [6.07, 6.45) is 2.88. The Bertz CT molecular complexity index is 334. The van der Waals surface area contributed by atoms with Gasteiger partial charge in [0.15, 0.2) is 0 Å². The Balaban J connectivity index is 2.51. The highest BCUT2D eigenvalue weighted by Gasteiger charge is 2.15. The molecule has 0 aliphatic heterocycles. The first-order valence-corrected chi connectivity index (χ1v) is 4.55. The number of carbonyl (C=O) groups is 2. The smallest absolute Gasteiger partial charge is 0.325 e. The quantitative estimate of drug-likeness (QED) is 0.714. The zero-order chi connectivity index (χ0) is 11.3. The fourth-order valence-corrected chi connectivity index (χ4v) is 1.06. The van der Waals surface area contributed by atoms with Crippen LogP contribution in [0.4, 0.5) is 0 Å². The summed E-state index contributed by atoms with van der Waals surface area (Å²) in [6.45, 7) is 1.97. The van der Waals surface area contributed by atoms with Gasteiger partial charge < -0.3 is 9.64 Å². The van der Waals surface area contributed by atoms with Crippen LogP contribution in [-0.4, -0.2) is 47.2 Å². The van der Waals surface area contributed by atoms with Crippen LogP contribution in [0.2, 0.25) is 0 Å². The highest BCUT2D eigenvalue weighted by Crippen LogP contribution is 1.99. The second-order valence-corrected chi connectivity index (χ2v) is 2.95. The average Bonchev–Trinajstić information content (AvgIpc) is 2.69. The van der Waals surface area contributed by atoms with E-state index in [1.54, 1.807) is 6.92 Å². The number of rotatable bonds is 4. The lowest BCUT2D eigenvalue weighted by molar-refractivity contribution is -0.143. The van der Waals surface area contributed by atoms with Crippen molar-refractivity contribution in [3.05, 3.63) is 18.0 Å². The Morgan fingerprint density at radius 3 is 2.87 bits per heavy atom. The molecule has 1 amide bonds. The molecule has 1 aromatic rings. The van der Waals surface area contributed by atoms with E-state index in [-0.39, 0.29) is 12.5 Å². The number of hydrogen-bond acceptors (Lipinski definition) is 4. The highest BCUT2D eigenvalue weighted by atomic mass is 16.5. The van der Waals surface area contributed by atoms with E-state index in [1.807, 2.05) is 0 Å². The van der Waals surface area contributed by atoms with Crippen molar-refractivity contribution in [3.63, 3.8) is 0 Å². The van der Waals surface area contributed by atoms with Crippen LogP contribution in [0.3, 0.4) is 0 Å². The summed E-state index contributed by atoms with van der Waals surface area (Å²) >= 11 is 0. The monoisotopic (exact) mass is 211 g/mol. The summed E-state index contributed by atoms with van der Waals surface area (Å²) in [5.41, 5.74) is 0.418. The number of aromatic amines is 1. The third-order valence-electron chi connectivity index (χ3n) is 1.76. The molecule has 0 fully saturated rings. The van der Waals surface area contributed by atoms with E-state index >= 15 is 0 Å². The van der Waals surface area contributed by atoms with Crippen molar-refractivity contribution in [1.29, 1.82) is 0 Å². The Kier molecular flexibility index (Phi) is 3.84. The second-order valence-electron chi connectivity index (χ2n) is 2.95. The molecule has 1 N–H and O–H groups in total. The van der Waals surface area contributed by atoms with Crippen LogP contribution < -0.4 is 0 Å². The summed E-state index contributed by atoms with van der Waals surface area (Å²) in [4.78, 5) is 24.0. The fraction of sp³-hybridized carbons (Fsp3) is 0.444. The van der Waals surface area contributed by atoms with Crippen molar-refractivity contribution in [1.82, 2.24) is 15.1 Å². The minimum atomic E-state index is -0.420. The molecule has 0 atom stereocenters. The topological polar surface area (TPSA) is 75.3 Å². The van der Waals surface area contributed by atoms with E-state index in [1.165, 1.54) is 24.3 Å². The van der Waals surface area contributed by atoms with Crippen LogP contribution >= 0.6 is 0 Å². The predicted molar refractivity (Wildman–Crippen MR) is 52.2 cm³/mol. The Hall–Kier alpha value is -1.85. The van der Waals surface area contributed by atoms with Gasteiger partial charge in [0.2, 0.25) is 0 Å². The van der Waals surface area contributed by atoms with Crippen LogP contribution in [0.1, 0.15) is 17.3 Å². The fourth-order valence-electron chi connectivity index (χ4n) is 1.06. The Morgan fingerprint density at radius 2 is 2.33 bits per heavy atom. The van der Waals surface area contributed by atoms with E-state index in [0.29, 0.717) is 12.2 Å². The summed E-state index contributed by atoms with van der Waals surface area (Å²) in [5, 5.41) is 6.18. The molecule has 0 saturated carbocycles. The van der Waals surface area contributed by atoms with Crippen LogP contribution in [0.5, 0.6) is 0 Å². The predicted octanol–water partition coefficient (Wildman–Crippen LogP) is 0.0448. The molecule has 0 unspecified atom stereocenters. The van der Waals surface area contributed by atoms with Crippen molar-refractivity contribution in [2.45, 2.75) is 6.92 Å². The van der Waals surface area contributed by atoms with Crippen molar-refractivity contribution in [2.75, 3.05) is 20.2 Å². The van der Waals surface area contributed by atoms with Gasteiger partial charge in [-0.3, -0.25) is 14.7 Å². The van der Waals surface area contributed by atoms with Gasteiger partial charge in [-0.2, -0.15) is 5.10 Å². The molecule has 0 aromatic carbocycles. The van der Waals surface area contributed by atoms with E-state index in [4.69, 9.17) is 4.74 Å². The zero-order valence-electron chi connectivity index (χ0n) is 8.69. The number of nitrogens with zero attached hydrogens (tertiary/aromatic N) is 2. The largest absolute Gasteiger partial charge is 0.465 e. The molecule has 15 heavy (non-hydrogen) atoms. The van der Waals surface area contributed by atoms with Crippen molar-refractivity contribution in [3.8, 4) is 0 Å². The van der Waals surface area contributed by atoms with Gasteiger partial charge in [-0.25, -0.2) is 0 Å². The number of hydrogen-bond donors (Lipinski definition) is 1. The standard InChI is InChI=1S/C9H13N3O3/c1-3-15-8(13)6-12(2)9(14)7-4-10-11-5-7/h4-5H,3,6H2,1-2H3,(H,10,11). The first-order valence-electron chi connectivity index (χ1n) is 4.55. The number of esters is 1. The van der Waals surface area contributed by atoms with Gasteiger partial charge in [0.25, 0.3) is 5.91 Å². The SMILES string of the molecule is CCOC(=O)CN(C)C(=O)c1cn[nH]c1. The van der Waals surface area contributed by atoms with Crippen molar-refractivity contribution >= 4 is 11.9 Å². The lowest BCUT2D eigenvalue weighted by Crippen LogP contribution is -2.32. The molecule has 6 nitrogen and oxygen atoms in total. The molecule has 0 radical (unpaired) electrons. The molecule has 6 heteroatoms. The molecule has 0 spiro atoms. The second kappa shape index (κ2) is 5.14. The van der Waals surface area contributed by atoms with Crippen molar-refractivity contribution < 1.29 is 14.3 Å². The number of likely N-dealkylation sites (N-methyl/N-ethyl adjacent to an activating group) is 1. The first kappa shape index (κ1) is 11.2. The molecule has 1 aromatic heterocycles. The van der Waals surface area contributed by atoms with Gasteiger partial charge in [0.1, 0.15) is 6.54 Å². The highest BCUT2D eigenvalue weighted by molar-refractivity contribution is 5.95. The number of amides is 1. The van der Waals surface area contributed by atoms with Gasteiger partial charge >= 0.3 is 5.97 Å². The van der Waals surface area contributed by atoms with E-state index in [0.717, 1.165) is 0 Å². The maximum Gasteiger partial charge on any atom is 0.325 e. The number of H-pyrrole nitrogens is 1.